The van der Waals surface area contributed by atoms with Crippen LogP contribution in [0.25, 0.3) is 0 Å². The van der Waals surface area contributed by atoms with Crippen molar-refractivity contribution in [1.29, 1.82) is 0 Å². The van der Waals surface area contributed by atoms with Crippen LogP contribution in [0.5, 0.6) is 5.75 Å². The Morgan fingerprint density at radius 1 is 0.923 bits per heavy atom. The molecular formula is C30H37N3O5S. The lowest BCUT2D eigenvalue weighted by molar-refractivity contribution is -0.140. The smallest absolute Gasteiger partial charge is 0.264 e. The molecule has 8 nitrogen and oxygen atoms in total. The van der Waals surface area contributed by atoms with Gasteiger partial charge in [-0.25, -0.2) is 8.42 Å². The van der Waals surface area contributed by atoms with E-state index >= 15 is 0 Å². The van der Waals surface area contributed by atoms with Crippen molar-refractivity contribution in [3.05, 3.63) is 90.0 Å². The lowest BCUT2D eigenvalue weighted by Crippen LogP contribution is -2.53. The molecule has 0 heterocycles. The van der Waals surface area contributed by atoms with Crippen LogP contribution in [0.4, 0.5) is 5.69 Å². The standard InChI is InChI=1S/C30H37N3O5S/c1-6-28(30(35)31-22(2)3)32(20-24-13-11-10-12-23(24)4)29(34)21-33(25-16-18-26(38-5)19-17-25)39(36,37)27-14-8-7-9-15-27/h7-19,22,28H,6,20-21H2,1-5H3,(H,31,35)/t28-/m0/s1. The molecule has 0 saturated heterocycles. The van der Waals surface area contributed by atoms with Gasteiger partial charge in [0, 0.05) is 12.6 Å². The quantitative estimate of drug-likeness (QED) is 0.357. The maximum Gasteiger partial charge on any atom is 0.264 e. The van der Waals surface area contributed by atoms with Crippen LogP contribution in [0.15, 0.2) is 83.8 Å². The van der Waals surface area contributed by atoms with Gasteiger partial charge in [-0.3, -0.25) is 13.9 Å². The lowest BCUT2D eigenvalue weighted by atomic mass is 10.1. The van der Waals surface area contributed by atoms with Crippen molar-refractivity contribution in [2.45, 2.75) is 57.6 Å². The Morgan fingerprint density at radius 2 is 1.54 bits per heavy atom. The number of nitrogens with zero attached hydrogens (tertiary/aromatic N) is 2. The number of benzene rings is 3. The number of hydrogen-bond donors (Lipinski definition) is 1. The highest BCUT2D eigenvalue weighted by Gasteiger charge is 2.34. The highest BCUT2D eigenvalue weighted by molar-refractivity contribution is 7.92. The first kappa shape index (κ1) is 29.7. The van der Waals surface area contributed by atoms with Gasteiger partial charge in [0.25, 0.3) is 10.0 Å². The summed E-state index contributed by atoms with van der Waals surface area (Å²) in [6.07, 6.45) is 0.365. The van der Waals surface area contributed by atoms with Crippen molar-refractivity contribution < 1.29 is 22.7 Å². The fourth-order valence-corrected chi connectivity index (χ4v) is 5.70. The third-order valence-electron chi connectivity index (χ3n) is 6.39. The summed E-state index contributed by atoms with van der Waals surface area (Å²) in [5.74, 6) is -0.213. The molecule has 39 heavy (non-hydrogen) atoms. The molecule has 1 N–H and O–H groups in total. The van der Waals surface area contributed by atoms with E-state index in [0.29, 0.717) is 17.9 Å². The number of carbonyl (C=O) groups is 2. The molecule has 0 bridgehead atoms. The van der Waals surface area contributed by atoms with Crippen LogP contribution in [0.2, 0.25) is 0 Å². The van der Waals surface area contributed by atoms with E-state index in [-0.39, 0.29) is 23.4 Å². The highest BCUT2D eigenvalue weighted by atomic mass is 32.2. The average Bonchev–Trinajstić information content (AvgIpc) is 2.92. The molecule has 3 rings (SSSR count). The molecule has 0 spiro atoms. The van der Waals surface area contributed by atoms with Crippen molar-refractivity contribution in [3.63, 3.8) is 0 Å². The van der Waals surface area contributed by atoms with Crippen LogP contribution in [0, 0.1) is 6.92 Å². The minimum absolute atomic E-state index is 0.0589. The maximum absolute atomic E-state index is 14.0. The number of carbonyl (C=O) groups excluding carboxylic acids is 2. The number of nitrogens with one attached hydrogen (secondary N) is 1. The van der Waals surface area contributed by atoms with E-state index in [0.717, 1.165) is 15.4 Å². The summed E-state index contributed by atoms with van der Waals surface area (Å²) >= 11 is 0. The van der Waals surface area contributed by atoms with Crippen molar-refractivity contribution in [2.75, 3.05) is 18.0 Å². The molecule has 0 aliphatic heterocycles. The lowest BCUT2D eigenvalue weighted by Gasteiger charge is -2.34. The van der Waals surface area contributed by atoms with Crippen LogP contribution in [-0.2, 0) is 26.2 Å². The highest BCUT2D eigenvalue weighted by Crippen LogP contribution is 2.27. The first-order chi connectivity index (χ1) is 18.6. The minimum atomic E-state index is -4.11. The predicted octanol–water partition coefficient (Wildman–Crippen LogP) is 4.53. The SMILES string of the molecule is CC[C@@H](C(=O)NC(C)C)N(Cc1ccccc1C)C(=O)CN(c1ccc(OC)cc1)S(=O)(=O)c1ccccc1. The fraction of sp³-hybridized carbons (Fsp3) is 0.333. The number of anilines is 1. The first-order valence-corrected chi connectivity index (χ1v) is 14.4. The molecule has 9 heteroatoms. The van der Waals surface area contributed by atoms with E-state index in [1.54, 1.807) is 42.5 Å². The summed E-state index contributed by atoms with van der Waals surface area (Å²) in [6, 6.07) is 21.2. The van der Waals surface area contributed by atoms with Gasteiger partial charge in [0.15, 0.2) is 0 Å². The van der Waals surface area contributed by atoms with Crippen LogP contribution >= 0.6 is 0 Å². The summed E-state index contributed by atoms with van der Waals surface area (Å²) < 4.78 is 34.0. The molecule has 208 valence electrons. The van der Waals surface area contributed by atoms with Gasteiger partial charge in [-0.15, -0.1) is 0 Å². The third-order valence-corrected chi connectivity index (χ3v) is 8.18. The number of amides is 2. The number of sulfonamides is 1. The van der Waals surface area contributed by atoms with E-state index in [1.807, 2.05) is 52.0 Å². The van der Waals surface area contributed by atoms with E-state index in [1.165, 1.54) is 24.1 Å². The summed E-state index contributed by atoms with van der Waals surface area (Å²) in [7, 11) is -2.59. The molecular weight excluding hydrogens is 514 g/mol. The summed E-state index contributed by atoms with van der Waals surface area (Å²) in [4.78, 5) is 28.8. The van der Waals surface area contributed by atoms with Crippen LogP contribution < -0.4 is 14.4 Å². The van der Waals surface area contributed by atoms with Gasteiger partial charge in [-0.1, -0.05) is 49.4 Å². The molecule has 0 saturated carbocycles. The van der Waals surface area contributed by atoms with E-state index in [4.69, 9.17) is 4.74 Å². The Morgan fingerprint density at radius 3 is 2.10 bits per heavy atom. The maximum atomic E-state index is 14.0. The van der Waals surface area contributed by atoms with Crippen molar-refractivity contribution in [3.8, 4) is 5.75 Å². The molecule has 0 unspecified atom stereocenters. The van der Waals surface area contributed by atoms with Crippen molar-refractivity contribution >= 4 is 27.5 Å². The summed E-state index contributed by atoms with van der Waals surface area (Å²) in [5.41, 5.74) is 2.16. The number of ether oxygens (including phenoxy) is 1. The molecule has 0 aromatic heterocycles. The molecule has 0 aliphatic rings. The normalized spacial score (nSPS) is 12.1. The number of rotatable bonds is 12. The zero-order valence-corrected chi connectivity index (χ0v) is 23.9. The molecule has 2 amide bonds. The van der Waals surface area contributed by atoms with Gasteiger partial charge in [-0.05, 0) is 74.7 Å². The molecule has 0 aliphatic carbocycles. The zero-order chi connectivity index (χ0) is 28.6. The van der Waals surface area contributed by atoms with Crippen molar-refractivity contribution in [2.24, 2.45) is 0 Å². The van der Waals surface area contributed by atoms with Gasteiger partial charge in [0.05, 0.1) is 17.7 Å². The van der Waals surface area contributed by atoms with Gasteiger partial charge in [0.2, 0.25) is 11.8 Å². The van der Waals surface area contributed by atoms with Crippen LogP contribution in [0.3, 0.4) is 0 Å². The fourth-order valence-electron chi connectivity index (χ4n) is 4.27. The van der Waals surface area contributed by atoms with Crippen molar-refractivity contribution in [1.82, 2.24) is 10.2 Å². The van der Waals surface area contributed by atoms with E-state index in [2.05, 4.69) is 5.32 Å². The largest absolute Gasteiger partial charge is 0.497 e. The average molecular weight is 552 g/mol. The van der Waals surface area contributed by atoms with Gasteiger partial charge < -0.3 is 15.0 Å². The Bertz CT molecular complexity index is 1360. The minimum Gasteiger partial charge on any atom is -0.497 e. The zero-order valence-electron chi connectivity index (χ0n) is 23.1. The molecule has 3 aromatic rings. The topological polar surface area (TPSA) is 96.0 Å². The van der Waals surface area contributed by atoms with Crippen LogP contribution in [0.1, 0.15) is 38.3 Å². The van der Waals surface area contributed by atoms with Gasteiger partial charge >= 0.3 is 0 Å². The summed E-state index contributed by atoms with van der Waals surface area (Å²) in [6.45, 7) is 7.17. The Labute approximate surface area is 231 Å². The predicted molar refractivity (Wildman–Crippen MR) is 153 cm³/mol. The third kappa shape index (κ3) is 7.38. The second kappa shape index (κ2) is 13.3. The monoisotopic (exact) mass is 551 g/mol. The van der Waals surface area contributed by atoms with E-state index in [9.17, 15) is 18.0 Å². The Balaban J connectivity index is 2.06. The number of hydrogen-bond acceptors (Lipinski definition) is 5. The second-order valence-electron chi connectivity index (χ2n) is 9.56. The number of aryl methyl sites for hydroxylation is 1. The molecule has 3 aromatic carbocycles. The molecule has 0 radical (unpaired) electrons. The van der Waals surface area contributed by atoms with E-state index < -0.39 is 28.5 Å². The second-order valence-corrected chi connectivity index (χ2v) is 11.4. The summed E-state index contributed by atoms with van der Waals surface area (Å²) in [5, 5.41) is 2.90. The number of methoxy groups -OCH3 is 1. The molecule has 1 atom stereocenters. The Hall–Kier alpha value is -3.85. The first-order valence-electron chi connectivity index (χ1n) is 12.9. The Kier molecular flexibility index (Phi) is 10.1. The van der Waals surface area contributed by atoms with Gasteiger partial charge in [0.1, 0.15) is 18.3 Å². The van der Waals surface area contributed by atoms with Crippen LogP contribution in [-0.4, -0.2) is 50.9 Å². The molecule has 0 fully saturated rings. The van der Waals surface area contributed by atoms with Gasteiger partial charge in [-0.2, -0.15) is 0 Å².